The van der Waals surface area contributed by atoms with Gasteiger partial charge in [-0.1, -0.05) is 11.6 Å². The number of hydrogen-bond acceptors (Lipinski definition) is 5. The van der Waals surface area contributed by atoms with Gasteiger partial charge in [-0.2, -0.15) is 5.10 Å². The van der Waals surface area contributed by atoms with Crippen LogP contribution in [-0.2, 0) is 10.0 Å². The Bertz CT molecular complexity index is 947. The van der Waals surface area contributed by atoms with Crippen LogP contribution in [0.5, 0.6) is 0 Å². The maximum atomic E-state index is 13.9. The third-order valence-corrected chi connectivity index (χ3v) is 4.43. The first kappa shape index (κ1) is 15.4. The number of nitrogens with zero attached hydrogens (tertiary/aromatic N) is 3. The molecule has 3 rings (SSSR count). The Hall–Kier alpha value is -2.52. The van der Waals surface area contributed by atoms with Gasteiger partial charge in [0, 0.05) is 18.0 Å². The summed E-state index contributed by atoms with van der Waals surface area (Å²) in [7, 11) is -4.03. The summed E-state index contributed by atoms with van der Waals surface area (Å²) in [6, 6.07) is 5.11. The van der Waals surface area contributed by atoms with Gasteiger partial charge >= 0.3 is 0 Å². The van der Waals surface area contributed by atoms with Crippen LogP contribution >= 0.6 is 11.6 Å². The Morgan fingerprint density at radius 3 is 2.74 bits per heavy atom. The summed E-state index contributed by atoms with van der Waals surface area (Å²) in [5.41, 5.74) is 0.254. The largest absolute Gasteiger partial charge is 0.277 e. The summed E-state index contributed by atoms with van der Waals surface area (Å²) in [4.78, 5) is 7.46. The molecule has 0 spiro atoms. The molecule has 7 nitrogen and oxygen atoms in total. The Morgan fingerprint density at radius 2 is 2.04 bits per heavy atom. The van der Waals surface area contributed by atoms with Crippen molar-refractivity contribution < 1.29 is 12.8 Å². The number of halogens is 2. The molecular weight excluding hydrogens is 345 g/mol. The minimum absolute atomic E-state index is 0.156. The highest BCUT2D eigenvalue weighted by atomic mass is 35.5. The average Bonchev–Trinajstić information content (AvgIpc) is 3.04. The highest BCUT2D eigenvalue weighted by Crippen LogP contribution is 2.25. The summed E-state index contributed by atoms with van der Waals surface area (Å²) in [6.07, 6.45) is 3.71. The third kappa shape index (κ3) is 3.30. The van der Waals surface area contributed by atoms with Crippen LogP contribution in [0.15, 0.2) is 47.9 Å². The molecule has 0 aliphatic rings. The number of nitrogens with one attached hydrogen (secondary N) is 2. The van der Waals surface area contributed by atoms with Crippen molar-refractivity contribution in [1.82, 2.24) is 20.2 Å². The van der Waals surface area contributed by atoms with Crippen molar-refractivity contribution >= 4 is 27.3 Å². The fourth-order valence-corrected chi connectivity index (χ4v) is 3.12. The highest BCUT2D eigenvalue weighted by molar-refractivity contribution is 7.92. The highest BCUT2D eigenvalue weighted by Gasteiger charge is 2.18. The molecule has 0 radical (unpaired) electrons. The van der Waals surface area contributed by atoms with Gasteiger partial charge < -0.3 is 0 Å². The molecule has 0 saturated heterocycles. The molecule has 2 heterocycles. The van der Waals surface area contributed by atoms with Crippen molar-refractivity contribution in [1.29, 1.82) is 0 Å². The molecule has 0 atom stereocenters. The van der Waals surface area contributed by atoms with E-state index in [-0.39, 0.29) is 15.6 Å². The standard InChI is InChI=1S/C13H9ClFN5O2S/c14-9-4-10(6-16-5-9)23(21,22)20-12-3-8(1-2-11(12)15)13-17-7-18-19-13/h1-7,20H,(H,17,18,19). The maximum Gasteiger partial charge on any atom is 0.263 e. The van der Waals surface area contributed by atoms with Crippen molar-refractivity contribution in [3.8, 4) is 11.4 Å². The summed E-state index contributed by atoms with van der Waals surface area (Å²) >= 11 is 5.73. The van der Waals surface area contributed by atoms with Crippen LogP contribution in [0.3, 0.4) is 0 Å². The van der Waals surface area contributed by atoms with Gasteiger partial charge in [0.25, 0.3) is 10.0 Å². The Kier molecular flexibility index (Phi) is 3.97. The van der Waals surface area contributed by atoms with E-state index in [0.29, 0.717) is 11.4 Å². The van der Waals surface area contributed by atoms with Crippen molar-refractivity contribution in [2.75, 3.05) is 4.72 Å². The van der Waals surface area contributed by atoms with E-state index in [2.05, 4.69) is 24.9 Å². The molecular formula is C13H9ClFN5O2S. The fourth-order valence-electron chi connectivity index (χ4n) is 1.84. The molecule has 0 bridgehead atoms. The minimum Gasteiger partial charge on any atom is -0.277 e. The topological polar surface area (TPSA) is 101 Å². The zero-order valence-electron chi connectivity index (χ0n) is 11.4. The molecule has 2 N–H and O–H groups in total. The number of anilines is 1. The van der Waals surface area contributed by atoms with Gasteiger partial charge in [0.2, 0.25) is 0 Å². The molecule has 0 fully saturated rings. The monoisotopic (exact) mass is 353 g/mol. The summed E-state index contributed by atoms with van der Waals surface area (Å²) in [5.74, 6) is -0.346. The van der Waals surface area contributed by atoms with Crippen LogP contribution in [-0.4, -0.2) is 28.6 Å². The van der Waals surface area contributed by atoms with Crippen LogP contribution in [0, 0.1) is 5.82 Å². The Labute approximate surface area is 135 Å². The van der Waals surface area contributed by atoms with Crippen LogP contribution in [0.25, 0.3) is 11.4 Å². The van der Waals surface area contributed by atoms with Gasteiger partial charge in [-0.3, -0.25) is 14.8 Å². The third-order valence-electron chi connectivity index (χ3n) is 2.89. The van der Waals surface area contributed by atoms with E-state index in [9.17, 15) is 12.8 Å². The maximum absolute atomic E-state index is 13.9. The molecule has 1 aromatic carbocycles. The summed E-state index contributed by atoms with van der Waals surface area (Å²) in [6.45, 7) is 0. The molecule has 2 aromatic heterocycles. The molecule has 23 heavy (non-hydrogen) atoms. The predicted molar refractivity (Wildman–Crippen MR) is 81.8 cm³/mol. The van der Waals surface area contributed by atoms with E-state index in [0.717, 1.165) is 12.3 Å². The molecule has 0 unspecified atom stereocenters. The molecule has 10 heteroatoms. The van der Waals surface area contributed by atoms with Gasteiger partial charge in [-0.05, 0) is 24.3 Å². The zero-order chi connectivity index (χ0) is 16.4. The van der Waals surface area contributed by atoms with Gasteiger partial charge in [-0.25, -0.2) is 17.8 Å². The van der Waals surface area contributed by atoms with Gasteiger partial charge in [0.15, 0.2) is 5.82 Å². The van der Waals surface area contributed by atoms with E-state index < -0.39 is 15.8 Å². The average molecular weight is 354 g/mol. The first-order valence-corrected chi connectivity index (χ1v) is 8.10. The lowest BCUT2D eigenvalue weighted by Crippen LogP contribution is -2.14. The SMILES string of the molecule is O=S(=O)(Nc1cc(-c2ncn[nH]2)ccc1F)c1cncc(Cl)c1. The van der Waals surface area contributed by atoms with E-state index in [1.807, 2.05) is 0 Å². The van der Waals surface area contributed by atoms with E-state index in [1.165, 1.54) is 30.7 Å². The van der Waals surface area contributed by atoms with E-state index in [4.69, 9.17) is 11.6 Å². The lowest BCUT2D eigenvalue weighted by Gasteiger charge is -2.10. The van der Waals surface area contributed by atoms with Crippen molar-refractivity contribution in [2.45, 2.75) is 4.90 Å². The lowest BCUT2D eigenvalue weighted by atomic mass is 10.2. The quantitative estimate of drug-likeness (QED) is 0.750. The normalized spacial score (nSPS) is 11.4. The molecule has 0 amide bonds. The Balaban J connectivity index is 1.98. The van der Waals surface area contributed by atoms with E-state index in [1.54, 1.807) is 0 Å². The second kappa shape index (κ2) is 5.94. The molecule has 0 aliphatic heterocycles. The molecule has 3 aromatic rings. The van der Waals surface area contributed by atoms with Gasteiger partial charge in [0.05, 0.1) is 10.7 Å². The lowest BCUT2D eigenvalue weighted by molar-refractivity contribution is 0.598. The number of aromatic nitrogens is 4. The summed E-state index contributed by atoms with van der Waals surface area (Å²) in [5, 5.41) is 6.46. The van der Waals surface area contributed by atoms with Crippen molar-refractivity contribution in [3.63, 3.8) is 0 Å². The second-order valence-corrected chi connectivity index (χ2v) is 6.59. The first-order valence-electron chi connectivity index (χ1n) is 6.24. The molecule has 0 aliphatic carbocycles. The smallest absolute Gasteiger partial charge is 0.263 e. The number of rotatable bonds is 4. The first-order chi connectivity index (χ1) is 11.0. The van der Waals surface area contributed by atoms with Gasteiger partial charge in [-0.15, -0.1) is 0 Å². The Morgan fingerprint density at radius 1 is 1.22 bits per heavy atom. The van der Waals surface area contributed by atoms with Gasteiger partial charge in [0.1, 0.15) is 17.0 Å². The number of H-pyrrole nitrogens is 1. The summed E-state index contributed by atoms with van der Waals surface area (Å²) < 4.78 is 40.7. The number of sulfonamides is 1. The van der Waals surface area contributed by atoms with Crippen LogP contribution in [0.2, 0.25) is 5.02 Å². The number of pyridine rings is 1. The predicted octanol–water partition coefficient (Wildman–Crippen LogP) is 2.46. The number of benzene rings is 1. The zero-order valence-corrected chi connectivity index (χ0v) is 12.9. The van der Waals surface area contributed by atoms with Crippen molar-refractivity contribution in [2.24, 2.45) is 0 Å². The van der Waals surface area contributed by atoms with Crippen molar-refractivity contribution in [3.05, 3.63) is 53.8 Å². The van der Waals surface area contributed by atoms with Crippen LogP contribution < -0.4 is 4.72 Å². The minimum atomic E-state index is -4.03. The second-order valence-electron chi connectivity index (χ2n) is 4.47. The number of hydrogen-bond donors (Lipinski definition) is 2. The van der Waals surface area contributed by atoms with Crippen LogP contribution in [0.4, 0.5) is 10.1 Å². The molecule has 118 valence electrons. The van der Waals surface area contributed by atoms with Crippen LogP contribution in [0.1, 0.15) is 0 Å². The fraction of sp³-hybridized carbons (Fsp3) is 0. The number of aromatic amines is 1. The van der Waals surface area contributed by atoms with E-state index >= 15 is 0 Å². The molecule has 0 saturated carbocycles.